The van der Waals surface area contributed by atoms with E-state index in [0.717, 1.165) is 36.1 Å². The van der Waals surface area contributed by atoms with Crippen LogP contribution in [0, 0.1) is 5.82 Å². The van der Waals surface area contributed by atoms with Crippen molar-refractivity contribution in [2.75, 3.05) is 7.11 Å². The molecule has 0 fully saturated rings. The van der Waals surface area contributed by atoms with Crippen LogP contribution in [0.4, 0.5) is 4.39 Å². The highest BCUT2D eigenvalue weighted by atomic mass is 19.1. The standard InChI is InChI=1S/C28H33FO/c1-3-4-5-6-7-8-22-11-16-25(17-12-22)27-20-15-24(21-28(27)29)10-9-23-13-18-26(30-2)19-14-23/h11-21H,3-10H2,1-2H3. The third-order valence-electron chi connectivity index (χ3n) is 5.73. The first-order chi connectivity index (χ1) is 14.7. The van der Waals surface area contributed by atoms with Crippen LogP contribution >= 0.6 is 0 Å². The minimum absolute atomic E-state index is 0.144. The van der Waals surface area contributed by atoms with Crippen LogP contribution in [0.1, 0.15) is 55.7 Å². The average molecular weight is 405 g/mol. The molecule has 0 amide bonds. The van der Waals surface area contributed by atoms with Crippen LogP contribution in [0.2, 0.25) is 0 Å². The summed E-state index contributed by atoms with van der Waals surface area (Å²) in [5.74, 6) is 0.714. The Kier molecular flexibility index (Phi) is 8.50. The van der Waals surface area contributed by atoms with Gasteiger partial charge in [-0.25, -0.2) is 4.39 Å². The van der Waals surface area contributed by atoms with E-state index in [2.05, 4.69) is 43.3 Å². The number of hydrogen-bond acceptors (Lipinski definition) is 1. The molecule has 0 saturated heterocycles. The van der Waals surface area contributed by atoms with Crippen molar-refractivity contribution >= 4 is 0 Å². The van der Waals surface area contributed by atoms with Crippen LogP contribution in [0.25, 0.3) is 11.1 Å². The average Bonchev–Trinajstić information content (AvgIpc) is 2.78. The fourth-order valence-corrected chi connectivity index (χ4v) is 3.81. The van der Waals surface area contributed by atoms with Gasteiger partial charge in [0.15, 0.2) is 0 Å². The predicted octanol–water partition coefficient (Wildman–Crippen LogP) is 7.80. The van der Waals surface area contributed by atoms with Gasteiger partial charge in [0.25, 0.3) is 0 Å². The summed E-state index contributed by atoms with van der Waals surface area (Å²) in [6.45, 7) is 2.24. The minimum atomic E-state index is -0.144. The maximum atomic E-state index is 14.8. The third-order valence-corrected chi connectivity index (χ3v) is 5.73. The van der Waals surface area contributed by atoms with Gasteiger partial charge in [0.05, 0.1) is 7.11 Å². The second-order valence-electron chi connectivity index (χ2n) is 8.02. The molecule has 0 spiro atoms. The van der Waals surface area contributed by atoms with Gasteiger partial charge in [0.2, 0.25) is 0 Å². The number of halogens is 1. The number of benzene rings is 3. The van der Waals surface area contributed by atoms with E-state index in [1.807, 2.05) is 24.3 Å². The van der Waals surface area contributed by atoms with E-state index < -0.39 is 0 Å². The maximum Gasteiger partial charge on any atom is 0.131 e. The molecule has 3 aromatic carbocycles. The van der Waals surface area contributed by atoms with Gasteiger partial charge in [-0.2, -0.15) is 0 Å². The van der Waals surface area contributed by atoms with E-state index in [4.69, 9.17) is 4.74 Å². The van der Waals surface area contributed by atoms with Crippen molar-refractivity contribution in [2.24, 2.45) is 0 Å². The quantitative estimate of drug-likeness (QED) is 0.296. The van der Waals surface area contributed by atoms with Gasteiger partial charge >= 0.3 is 0 Å². The van der Waals surface area contributed by atoms with E-state index in [0.29, 0.717) is 5.56 Å². The lowest BCUT2D eigenvalue weighted by molar-refractivity contribution is 0.414. The summed E-state index contributed by atoms with van der Waals surface area (Å²) in [5.41, 5.74) is 5.22. The summed E-state index contributed by atoms with van der Waals surface area (Å²) in [6.07, 6.45) is 9.27. The van der Waals surface area contributed by atoms with E-state index in [9.17, 15) is 4.39 Å². The van der Waals surface area contributed by atoms with Gasteiger partial charge in [0.1, 0.15) is 11.6 Å². The molecular weight excluding hydrogens is 371 g/mol. The van der Waals surface area contributed by atoms with E-state index in [1.165, 1.54) is 43.2 Å². The lowest BCUT2D eigenvalue weighted by atomic mass is 9.98. The summed E-state index contributed by atoms with van der Waals surface area (Å²) in [4.78, 5) is 0. The Morgan fingerprint density at radius 2 is 1.27 bits per heavy atom. The Morgan fingerprint density at radius 1 is 0.667 bits per heavy atom. The maximum absolute atomic E-state index is 14.8. The van der Waals surface area contributed by atoms with Crippen molar-refractivity contribution in [1.29, 1.82) is 0 Å². The first-order valence-corrected chi connectivity index (χ1v) is 11.2. The first-order valence-electron chi connectivity index (χ1n) is 11.2. The summed E-state index contributed by atoms with van der Waals surface area (Å²) in [5, 5.41) is 0. The van der Waals surface area contributed by atoms with Crippen LogP contribution in [-0.2, 0) is 19.3 Å². The van der Waals surface area contributed by atoms with Gasteiger partial charge < -0.3 is 4.74 Å². The highest BCUT2D eigenvalue weighted by molar-refractivity contribution is 5.64. The van der Waals surface area contributed by atoms with E-state index >= 15 is 0 Å². The molecule has 0 aliphatic rings. The molecule has 0 unspecified atom stereocenters. The lowest BCUT2D eigenvalue weighted by Gasteiger charge is -2.09. The molecule has 0 aliphatic carbocycles. The molecule has 0 radical (unpaired) electrons. The van der Waals surface area contributed by atoms with Gasteiger partial charge in [-0.3, -0.25) is 0 Å². The second-order valence-corrected chi connectivity index (χ2v) is 8.02. The smallest absolute Gasteiger partial charge is 0.131 e. The molecule has 2 heteroatoms. The molecule has 1 nitrogen and oxygen atoms in total. The zero-order valence-corrected chi connectivity index (χ0v) is 18.3. The Balaban J connectivity index is 1.56. The van der Waals surface area contributed by atoms with Gasteiger partial charge in [-0.15, -0.1) is 0 Å². The molecular formula is C28H33FO. The van der Waals surface area contributed by atoms with Crippen molar-refractivity contribution in [1.82, 2.24) is 0 Å². The van der Waals surface area contributed by atoms with Gasteiger partial charge in [-0.1, -0.05) is 81.1 Å². The van der Waals surface area contributed by atoms with Crippen LogP contribution in [0.5, 0.6) is 5.75 Å². The highest BCUT2D eigenvalue weighted by Crippen LogP contribution is 2.25. The van der Waals surface area contributed by atoms with Gasteiger partial charge in [0, 0.05) is 5.56 Å². The van der Waals surface area contributed by atoms with Crippen LogP contribution in [-0.4, -0.2) is 7.11 Å². The molecule has 0 heterocycles. The lowest BCUT2D eigenvalue weighted by Crippen LogP contribution is -1.94. The Bertz CT molecular complexity index is 897. The number of ether oxygens (including phenoxy) is 1. The number of rotatable bonds is 11. The number of methoxy groups -OCH3 is 1. The number of hydrogen-bond donors (Lipinski definition) is 0. The monoisotopic (exact) mass is 404 g/mol. The van der Waals surface area contributed by atoms with E-state index in [1.54, 1.807) is 13.2 Å². The Morgan fingerprint density at radius 3 is 1.93 bits per heavy atom. The number of aryl methyl sites for hydroxylation is 3. The van der Waals surface area contributed by atoms with Gasteiger partial charge in [-0.05, 0) is 66.1 Å². The SMILES string of the molecule is CCCCCCCc1ccc(-c2ccc(CCc3ccc(OC)cc3)cc2F)cc1. The third kappa shape index (κ3) is 6.45. The summed E-state index contributed by atoms with van der Waals surface area (Å²) in [6, 6.07) is 22.1. The fraction of sp³-hybridized carbons (Fsp3) is 0.357. The summed E-state index contributed by atoms with van der Waals surface area (Å²) >= 11 is 0. The Hall–Kier alpha value is -2.61. The topological polar surface area (TPSA) is 9.23 Å². The summed E-state index contributed by atoms with van der Waals surface area (Å²) in [7, 11) is 1.67. The van der Waals surface area contributed by atoms with Crippen molar-refractivity contribution in [3.05, 3.63) is 89.2 Å². The molecule has 0 aliphatic heterocycles. The van der Waals surface area contributed by atoms with E-state index in [-0.39, 0.29) is 5.82 Å². The van der Waals surface area contributed by atoms with Crippen LogP contribution < -0.4 is 4.74 Å². The molecule has 0 N–H and O–H groups in total. The molecule has 3 aromatic rings. The van der Waals surface area contributed by atoms with Crippen molar-refractivity contribution < 1.29 is 9.13 Å². The molecule has 0 atom stereocenters. The zero-order chi connectivity index (χ0) is 21.2. The Labute approximate surface area is 180 Å². The first kappa shape index (κ1) is 22.1. The summed E-state index contributed by atoms with van der Waals surface area (Å²) < 4.78 is 20.0. The number of unbranched alkanes of at least 4 members (excludes halogenated alkanes) is 4. The van der Waals surface area contributed by atoms with Crippen molar-refractivity contribution in [2.45, 2.75) is 58.3 Å². The normalized spacial score (nSPS) is 10.9. The largest absolute Gasteiger partial charge is 0.497 e. The predicted molar refractivity (Wildman–Crippen MR) is 125 cm³/mol. The van der Waals surface area contributed by atoms with Crippen LogP contribution in [0.15, 0.2) is 66.7 Å². The molecule has 3 rings (SSSR count). The van der Waals surface area contributed by atoms with Crippen molar-refractivity contribution in [3.8, 4) is 16.9 Å². The molecule has 0 bridgehead atoms. The molecule has 158 valence electrons. The fourth-order valence-electron chi connectivity index (χ4n) is 3.81. The molecule has 0 saturated carbocycles. The second kappa shape index (κ2) is 11.5. The zero-order valence-electron chi connectivity index (χ0n) is 18.3. The minimum Gasteiger partial charge on any atom is -0.497 e. The van der Waals surface area contributed by atoms with Crippen molar-refractivity contribution in [3.63, 3.8) is 0 Å². The van der Waals surface area contributed by atoms with Crippen LogP contribution in [0.3, 0.4) is 0 Å². The molecule has 0 aromatic heterocycles. The molecule has 30 heavy (non-hydrogen) atoms. The highest BCUT2D eigenvalue weighted by Gasteiger charge is 2.07.